The van der Waals surface area contributed by atoms with E-state index in [1.807, 2.05) is 19.9 Å². The van der Waals surface area contributed by atoms with Crippen LogP contribution in [0, 0.1) is 6.92 Å². The number of nitrogens with one attached hydrogen (secondary N) is 1. The number of aryl methyl sites for hydroxylation is 1. The number of pyridine rings is 1. The van der Waals surface area contributed by atoms with Crippen LogP contribution in [0.3, 0.4) is 0 Å². The first kappa shape index (κ1) is 17.7. The Morgan fingerprint density at radius 1 is 1.38 bits per heavy atom. The highest BCUT2D eigenvalue weighted by Crippen LogP contribution is 2.23. The first-order chi connectivity index (χ1) is 9.73. The fraction of sp³-hybridized carbons (Fsp3) is 0.643. The van der Waals surface area contributed by atoms with Gasteiger partial charge in [0.1, 0.15) is 12.4 Å². The molecule has 0 aliphatic heterocycles. The average molecular weight is 305 g/mol. The standard InChI is InChI=1S/C14H22F3N3O/c1-10(2)18-7-12-6-11(3)13(19-8-12)20(4-5-21)9-14(15,16)17/h6,8,10,18,21H,4-5,7,9H2,1-3H3. The molecule has 0 aliphatic rings. The Kier molecular flexibility index (Phi) is 6.42. The van der Waals surface area contributed by atoms with Crippen molar-refractivity contribution in [3.63, 3.8) is 0 Å². The highest BCUT2D eigenvalue weighted by atomic mass is 19.4. The van der Waals surface area contributed by atoms with Gasteiger partial charge in [-0.25, -0.2) is 4.98 Å². The highest BCUT2D eigenvalue weighted by Gasteiger charge is 2.31. The van der Waals surface area contributed by atoms with Gasteiger partial charge in [0.05, 0.1) is 6.61 Å². The number of aliphatic hydroxyl groups is 1. The lowest BCUT2D eigenvalue weighted by atomic mass is 10.2. The molecule has 0 amide bonds. The number of aliphatic hydroxyl groups excluding tert-OH is 1. The Morgan fingerprint density at radius 3 is 2.52 bits per heavy atom. The molecule has 4 nitrogen and oxygen atoms in total. The molecular weight excluding hydrogens is 283 g/mol. The number of hydrogen-bond donors (Lipinski definition) is 2. The van der Waals surface area contributed by atoms with E-state index in [2.05, 4.69) is 10.3 Å². The van der Waals surface area contributed by atoms with E-state index >= 15 is 0 Å². The van der Waals surface area contributed by atoms with Crippen LogP contribution >= 0.6 is 0 Å². The van der Waals surface area contributed by atoms with Crippen molar-refractivity contribution in [2.75, 3.05) is 24.6 Å². The Labute approximate surface area is 123 Å². The fourth-order valence-electron chi connectivity index (χ4n) is 1.97. The number of anilines is 1. The second-order valence-electron chi connectivity index (χ2n) is 5.28. The summed E-state index contributed by atoms with van der Waals surface area (Å²) in [6, 6.07) is 2.14. The van der Waals surface area contributed by atoms with Gasteiger partial charge in [-0.1, -0.05) is 13.8 Å². The fourth-order valence-corrected chi connectivity index (χ4v) is 1.97. The Bertz CT molecular complexity index is 450. The van der Waals surface area contributed by atoms with Gasteiger partial charge in [-0.3, -0.25) is 0 Å². The summed E-state index contributed by atoms with van der Waals surface area (Å²) >= 11 is 0. The molecule has 2 N–H and O–H groups in total. The van der Waals surface area contributed by atoms with E-state index in [0.717, 1.165) is 10.5 Å². The summed E-state index contributed by atoms with van der Waals surface area (Å²) in [6.07, 6.45) is -2.76. The summed E-state index contributed by atoms with van der Waals surface area (Å²) in [5, 5.41) is 12.2. The van der Waals surface area contributed by atoms with Crippen molar-refractivity contribution < 1.29 is 18.3 Å². The lowest BCUT2D eigenvalue weighted by molar-refractivity contribution is -0.120. The number of alkyl halides is 3. The van der Waals surface area contributed by atoms with Gasteiger partial charge in [0.15, 0.2) is 0 Å². The molecule has 1 aromatic rings. The zero-order valence-electron chi connectivity index (χ0n) is 12.5. The molecule has 1 rings (SSSR count). The monoisotopic (exact) mass is 305 g/mol. The van der Waals surface area contributed by atoms with E-state index in [9.17, 15) is 13.2 Å². The average Bonchev–Trinajstić information content (AvgIpc) is 2.34. The molecule has 0 bridgehead atoms. The van der Waals surface area contributed by atoms with Gasteiger partial charge in [0, 0.05) is 25.3 Å². The molecule has 0 aromatic carbocycles. The van der Waals surface area contributed by atoms with E-state index in [4.69, 9.17) is 5.11 Å². The molecule has 1 aromatic heterocycles. The SMILES string of the molecule is Cc1cc(CNC(C)C)cnc1N(CCO)CC(F)(F)F. The number of hydrogen-bond acceptors (Lipinski definition) is 4. The van der Waals surface area contributed by atoms with Crippen LogP contribution in [0.2, 0.25) is 0 Å². The van der Waals surface area contributed by atoms with Crippen molar-refractivity contribution in [1.29, 1.82) is 0 Å². The van der Waals surface area contributed by atoms with Crippen LogP contribution < -0.4 is 10.2 Å². The Morgan fingerprint density at radius 2 is 2.05 bits per heavy atom. The largest absolute Gasteiger partial charge is 0.405 e. The van der Waals surface area contributed by atoms with Gasteiger partial charge in [-0.2, -0.15) is 13.2 Å². The summed E-state index contributed by atoms with van der Waals surface area (Å²) in [5.74, 6) is 0.259. The topological polar surface area (TPSA) is 48.4 Å². The van der Waals surface area contributed by atoms with Crippen molar-refractivity contribution in [3.05, 3.63) is 23.4 Å². The normalized spacial score (nSPS) is 12.0. The van der Waals surface area contributed by atoms with E-state index in [1.165, 1.54) is 0 Å². The van der Waals surface area contributed by atoms with Gasteiger partial charge in [-0.05, 0) is 24.1 Å². The minimum absolute atomic E-state index is 0.100. The van der Waals surface area contributed by atoms with E-state index in [-0.39, 0.29) is 19.0 Å². The zero-order valence-corrected chi connectivity index (χ0v) is 12.5. The minimum atomic E-state index is -4.33. The minimum Gasteiger partial charge on any atom is -0.395 e. The second kappa shape index (κ2) is 7.61. The quantitative estimate of drug-likeness (QED) is 0.811. The zero-order chi connectivity index (χ0) is 16.0. The summed E-state index contributed by atoms with van der Waals surface area (Å²) in [5.41, 5.74) is 1.58. The molecule has 0 unspecified atom stereocenters. The highest BCUT2D eigenvalue weighted by molar-refractivity contribution is 5.47. The molecule has 0 radical (unpaired) electrons. The maximum atomic E-state index is 12.6. The van der Waals surface area contributed by atoms with Crippen molar-refractivity contribution in [2.45, 2.75) is 39.5 Å². The third kappa shape index (κ3) is 6.31. The van der Waals surface area contributed by atoms with Crippen LogP contribution in [-0.4, -0.2) is 42.0 Å². The molecule has 21 heavy (non-hydrogen) atoms. The van der Waals surface area contributed by atoms with Gasteiger partial charge >= 0.3 is 6.18 Å². The van der Waals surface area contributed by atoms with E-state index in [0.29, 0.717) is 18.2 Å². The number of nitrogens with zero attached hydrogens (tertiary/aromatic N) is 2. The summed E-state index contributed by atoms with van der Waals surface area (Å²) < 4.78 is 37.7. The van der Waals surface area contributed by atoms with Gasteiger partial charge in [-0.15, -0.1) is 0 Å². The third-order valence-corrected chi connectivity index (χ3v) is 2.86. The van der Waals surface area contributed by atoms with E-state index < -0.39 is 12.7 Å². The van der Waals surface area contributed by atoms with Crippen LogP contribution in [-0.2, 0) is 6.54 Å². The second-order valence-corrected chi connectivity index (χ2v) is 5.28. The summed E-state index contributed by atoms with van der Waals surface area (Å²) in [7, 11) is 0. The van der Waals surface area contributed by atoms with E-state index in [1.54, 1.807) is 13.1 Å². The molecule has 1 heterocycles. The lowest BCUT2D eigenvalue weighted by Gasteiger charge is -2.25. The Balaban J connectivity index is 2.89. The number of rotatable bonds is 7. The Hall–Kier alpha value is -1.34. The summed E-state index contributed by atoms with van der Waals surface area (Å²) in [6.45, 7) is 4.80. The first-order valence-electron chi connectivity index (χ1n) is 6.84. The molecule has 120 valence electrons. The smallest absolute Gasteiger partial charge is 0.395 e. The predicted molar refractivity (Wildman–Crippen MR) is 76.3 cm³/mol. The first-order valence-corrected chi connectivity index (χ1v) is 6.84. The third-order valence-electron chi connectivity index (χ3n) is 2.86. The van der Waals surface area contributed by atoms with Crippen molar-refractivity contribution in [3.8, 4) is 0 Å². The maximum Gasteiger partial charge on any atom is 0.405 e. The van der Waals surface area contributed by atoms with Crippen LogP contribution in [0.4, 0.5) is 19.0 Å². The molecule has 0 spiro atoms. The molecule has 0 atom stereocenters. The molecule has 0 fully saturated rings. The molecule has 0 saturated carbocycles. The lowest BCUT2D eigenvalue weighted by Crippen LogP contribution is -2.37. The van der Waals surface area contributed by atoms with Crippen LogP contribution in [0.1, 0.15) is 25.0 Å². The molecular formula is C14H22F3N3O. The van der Waals surface area contributed by atoms with Crippen LogP contribution in [0.25, 0.3) is 0 Å². The predicted octanol–water partition coefficient (Wildman–Crippen LogP) is 2.25. The van der Waals surface area contributed by atoms with Crippen molar-refractivity contribution in [1.82, 2.24) is 10.3 Å². The van der Waals surface area contributed by atoms with Crippen molar-refractivity contribution >= 4 is 5.82 Å². The maximum absolute atomic E-state index is 12.6. The van der Waals surface area contributed by atoms with Crippen LogP contribution in [0.5, 0.6) is 0 Å². The van der Waals surface area contributed by atoms with Crippen LogP contribution in [0.15, 0.2) is 12.3 Å². The molecule has 7 heteroatoms. The molecule has 0 saturated heterocycles. The number of halogens is 3. The van der Waals surface area contributed by atoms with Gasteiger partial charge < -0.3 is 15.3 Å². The summed E-state index contributed by atoms with van der Waals surface area (Å²) in [4.78, 5) is 5.18. The number of aromatic nitrogens is 1. The van der Waals surface area contributed by atoms with Gasteiger partial charge in [0.25, 0.3) is 0 Å². The van der Waals surface area contributed by atoms with Crippen molar-refractivity contribution in [2.24, 2.45) is 0 Å². The molecule has 0 aliphatic carbocycles. The van der Waals surface area contributed by atoms with Gasteiger partial charge in [0.2, 0.25) is 0 Å².